The highest BCUT2D eigenvalue weighted by Gasteiger charge is 1.99. The minimum Gasteiger partial charge on any atom is -0.508 e. The van der Waals surface area contributed by atoms with Gasteiger partial charge in [-0.3, -0.25) is 0 Å². The highest BCUT2D eigenvalue weighted by molar-refractivity contribution is 5.38. The molecule has 0 aliphatic heterocycles. The third kappa shape index (κ3) is 2.95. The molecule has 1 aromatic carbocycles. The molecule has 0 unspecified atom stereocenters. The molecule has 0 saturated carbocycles. The Hall–Kier alpha value is -1.22. The second kappa shape index (κ2) is 4.72. The molecule has 0 aromatic heterocycles. The first-order chi connectivity index (χ1) is 6.24. The summed E-state index contributed by atoms with van der Waals surface area (Å²) < 4.78 is 10.2. The van der Waals surface area contributed by atoms with E-state index in [1.165, 1.54) is 0 Å². The van der Waals surface area contributed by atoms with Crippen molar-refractivity contribution in [2.45, 2.75) is 6.92 Å². The Balaban J connectivity index is 2.59. The fourth-order valence-electron chi connectivity index (χ4n) is 0.979. The summed E-state index contributed by atoms with van der Waals surface area (Å²) in [5.41, 5.74) is 1.01. The third-order valence-electron chi connectivity index (χ3n) is 1.72. The van der Waals surface area contributed by atoms with Crippen LogP contribution in [0.3, 0.4) is 0 Å². The molecular weight excluding hydrogens is 168 g/mol. The summed E-state index contributed by atoms with van der Waals surface area (Å²) in [5, 5.41) is 9.18. The molecule has 0 saturated heterocycles. The second-order valence-electron chi connectivity index (χ2n) is 2.79. The van der Waals surface area contributed by atoms with Gasteiger partial charge in [-0.2, -0.15) is 0 Å². The van der Waals surface area contributed by atoms with E-state index in [-0.39, 0.29) is 5.75 Å². The molecule has 72 valence electrons. The van der Waals surface area contributed by atoms with Crippen molar-refractivity contribution in [2.75, 3.05) is 20.3 Å². The lowest BCUT2D eigenvalue weighted by atomic mass is 10.2. The molecule has 13 heavy (non-hydrogen) atoms. The molecular formula is C10H14O3. The number of methoxy groups -OCH3 is 1. The minimum absolute atomic E-state index is 0.220. The number of phenols is 1. The molecule has 0 heterocycles. The fourth-order valence-corrected chi connectivity index (χ4v) is 0.979. The van der Waals surface area contributed by atoms with Gasteiger partial charge in [0.2, 0.25) is 0 Å². The monoisotopic (exact) mass is 182 g/mol. The predicted octanol–water partition coefficient (Wildman–Crippen LogP) is 1.73. The van der Waals surface area contributed by atoms with E-state index in [0.717, 1.165) is 5.56 Å². The molecule has 0 bridgehead atoms. The lowest BCUT2D eigenvalue weighted by molar-refractivity contribution is 0.146. The highest BCUT2D eigenvalue weighted by atomic mass is 16.5. The summed E-state index contributed by atoms with van der Waals surface area (Å²) in [4.78, 5) is 0. The molecule has 1 N–H and O–H groups in total. The van der Waals surface area contributed by atoms with Crippen LogP contribution in [-0.2, 0) is 4.74 Å². The Morgan fingerprint density at radius 1 is 1.31 bits per heavy atom. The molecule has 0 radical (unpaired) electrons. The maximum Gasteiger partial charge on any atom is 0.126 e. The number of rotatable bonds is 4. The van der Waals surface area contributed by atoms with Crippen LogP contribution in [0.5, 0.6) is 11.5 Å². The zero-order valence-corrected chi connectivity index (χ0v) is 7.91. The van der Waals surface area contributed by atoms with Crippen molar-refractivity contribution in [1.82, 2.24) is 0 Å². The number of aromatic hydroxyl groups is 1. The van der Waals surface area contributed by atoms with Crippen molar-refractivity contribution in [1.29, 1.82) is 0 Å². The zero-order chi connectivity index (χ0) is 9.68. The molecule has 0 amide bonds. The number of hydrogen-bond donors (Lipinski definition) is 1. The summed E-state index contributed by atoms with van der Waals surface area (Å²) >= 11 is 0. The lowest BCUT2D eigenvalue weighted by Crippen LogP contribution is -2.04. The Labute approximate surface area is 77.9 Å². The number of aryl methyl sites for hydroxylation is 1. The molecule has 3 heteroatoms. The van der Waals surface area contributed by atoms with Gasteiger partial charge in [-0.1, -0.05) is 6.07 Å². The van der Waals surface area contributed by atoms with Gasteiger partial charge in [-0.25, -0.2) is 0 Å². The Bertz CT molecular complexity index is 271. The molecule has 1 aromatic rings. The van der Waals surface area contributed by atoms with Crippen molar-refractivity contribution in [3.05, 3.63) is 23.8 Å². The average molecular weight is 182 g/mol. The van der Waals surface area contributed by atoms with E-state index >= 15 is 0 Å². The van der Waals surface area contributed by atoms with Crippen LogP contribution in [0.25, 0.3) is 0 Å². The van der Waals surface area contributed by atoms with Gasteiger partial charge in [0.25, 0.3) is 0 Å². The SMILES string of the molecule is COCCOc1cc(O)ccc1C. The van der Waals surface area contributed by atoms with Gasteiger partial charge < -0.3 is 14.6 Å². The van der Waals surface area contributed by atoms with Gasteiger partial charge in [0, 0.05) is 13.2 Å². The predicted molar refractivity (Wildman–Crippen MR) is 50.2 cm³/mol. The van der Waals surface area contributed by atoms with Crippen LogP contribution >= 0.6 is 0 Å². The van der Waals surface area contributed by atoms with E-state index in [4.69, 9.17) is 9.47 Å². The van der Waals surface area contributed by atoms with Crippen LogP contribution in [0.4, 0.5) is 0 Å². The summed E-state index contributed by atoms with van der Waals surface area (Å²) in [6.45, 7) is 2.98. The van der Waals surface area contributed by atoms with Gasteiger partial charge in [-0.05, 0) is 18.6 Å². The van der Waals surface area contributed by atoms with Crippen molar-refractivity contribution >= 4 is 0 Å². The molecule has 0 spiro atoms. The Kier molecular flexibility index (Phi) is 3.58. The van der Waals surface area contributed by atoms with E-state index in [0.29, 0.717) is 19.0 Å². The fraction of sp³-hybridized carbons (Fsp3) is 0.400. The van der Waals surface area contributed by atoms with Gasteiger partial charge in [0.1, 0.15) is 18.1 Å². The van der Waals surface area contributed by atoms with Crippen LogP contribution in [0, 0.1) is 6.92 Å². The van der Waals surface area contributed by atoms with Crippen molar-refractivity contribution in [3.8, 4) is 11.5 Å². The summed E-state index contributed by atoms with van der Waals surface area (Å²) in [6.07, 6.45) is 0. The summed E-state index contributed by atoms with van der Waals surface area (Å²) in [6, 6.07) is 5.06. The summed E-state index contributed by atoms with van der Waals surface area (Å²) in [7, 11) is 1.62. The molecule has 3 nitrogen and oxygen atoms in total. The first kappa shape index (κ1) is 9.86. The van der Waals surface area contributed by atoms with Gasteiger partial charge in [-0.15, -0.1) is 0 Å². The van der Waals surface area contributed by atoms with E-state index in [1.807, 2.05) is 13.0 Å². The van der Waals surface area contributed by atoms with E-state index in [1.54, 1.807) is 19.2 Å². The maximum atomic E-state index is 9.18. The van der Waals surface area contributed by atoms with Crippen LogP contribution in [0.15, 0.2) is 18.2 Å². The standard InChI is InChI=1S/C10H14O3/c1-8-3-4-9(11)7-10(8)13-6-5-12-2/h3-4,7,11H,5-6H2,1-2H3. The van der Waals surface area contributed by atoms with E-state index < -0.39 is 0 Å². The van der Waals surface area contributed by atoms with Gasteiger partial charge in [0.15, 0.2) is 0 Å². The molecule has 0 fully saturated rings. The van der Waals surface area contributed by atoms with Crippen LogP contribution in [-0.4, -0.2) is 25.4 Å². The first-order valence-corrected chi connectivity index (χ1v) is 4.15. The number of ether oxygens (including phenoxy) is 2. The molecule has 0 aliphatic carbocycles. The van der Waals surface area contributed by atoms with Crippen LogP contribution in [0.1, 0.15) is 5.56 Å². The molecule has 1 rings (SSSR count). The average Bonchev–Trinajstić information content (AvgIpc) is 2.11. The van der Waals surface area contributed by atoms with E-state index in [9.17, 15) is 5.11 Å². The zero-order valence-electron chi connectivity index (χ0n) is 7.91. The highest BCUT2D eigenvalue weighted by Crippen LogP contribution is 2.22. The minimum atomic E-state index is 0.220. The molecule has 0 atom stereocenters. The van der Waals surface area contributed by atoms with Crippen molar-refractivity contribution in [3.63, 3.8) is 0 Å². The van der Waals surface area contributed by atoms with Gasteiger partial charge in [0.05, 0.1) is 6.61 Å². The Morgan fingerprint density at radius 3 is 2.77 bits per heavy atom. The smallest absolute Gasteiger partial charge is 0.126 e. The Morgan fingerprint density at radius 2 is 2.08 bits per heavy atom. The number of hydrogen-bond acceptors (Lipinski definition) is 3. The number of phenolic OH excluding ortho intramolecular Hbond substituents is 1. The lowest BCUT2D eigenvalue weighted by Gasteiger charge is -2.08. The quantitative estimate of drug-likeness (QED) is 0.720. The second-order valence-corrected chi connectivity index (χ2v) is 2.79. The van der Waals surface area contributed by atoms with Crippen LogP contribution in [0.2, 0.25) is 0 Å². The maximum absolute atomic E-state index is 9.18. The van der Waals surface area contributed by atoms with Crippen LogP contribution < -0.4 is 4.74 Å². The third-order valence-corrected chi connectivity index (χ3v) is 1.72. The van der Waals surface area contributed by atoms with Gasteiger partial charge >= 0.3 is 0 Å². The molecule has 0 aliphatic rings. The topological polar surface area (TPSA) is 38.7 Å². The summed E-state index contributed by atoms with van der Waals surface area (Å²) in [5.74, 6) is 0.926. The largest absolute Gasteiger partial charge is 0.508 e. The first-order valence-electron chi connectivity index (χ1n) is 4.15. The normalized spacial score (nSPS) is 10.0. The van der Waals surface area contributed by atoms with Crippen molar-refractivity contribution in [2.24, 2.45) is 0 Å². The van der Waals surface area contributed by atoms with E-state index in [2.05, 4.69) is 0 Å². The van der Waals surface area contributed by atoms with Crippen molar-refractivity contribution < 1.29 is 14.6 Å². The number of benzene rings is 1.